The summed E-state index contributed by atoms with van der Waals surface area (Å²) in [6.07, 6.45) is 8.54. The largest absolute Gasteiger partial charge is 0.497 e. The molecule has 1 unspecified atom stereocenters. The number of hydrogen-bond acceptors (Lipinski definition) is 6. The maximum atomic E-state index is 6.23. The Bertz CT molecular complexity index is 990. The van der Waals surface area contributed by atoms with Crippen LogP contribution in [0, 0.1) is 0 Å². The van der Waals surface area contributed by atoms with Gasteiger partial charge in [-0.2, -0.15) is 5.06 Å². The van der Waals surface area contributed by atoms with Crippen molar-refractivity contribution in [2.24, 2.45) is 0 Å². The highest BCUT2D eigenvalue weighted by Gasteiger charge is 2.27. The van der Waals surface area contributed by atoms with Crippen molar-refractivity contribution in [2.75, 3.05) is 20.8 Å². The lowest BCUT2D eigenvalue weighted by molar-refractivity contribution is -0.191. The third-order valence-electron chi connectivity index (χ3n) is 5.12. The van der Waals surface area contributed by atoms with Crippen molar-refractivity contribution in [3.63, 3.8) is 0 Å². The molecular formula is C24H25N3O3. The molecule has 6 heteroatoms. The van der Waals surface area contributed by atoms with Crippen LogP contribution in [-0.4, -0.2) is 35.8 Å². The van der Waals surface area contributed by atoms with Crippen LogP contribution in [0.25, 0.3) is 6.08 Å². The minimum Gasteiger partial charge on any atom is -0.497 e. The van der Waals surface area contributed by atoms with Crippen molar-refractivity contribution in [3.8, 4) is 11.8 Å². The summed E-state index contributed by atoms with van der Waals surface area (Å²) in [4.78, 5) is 14.6. The normalized spacial score (nSPS) is 16.4. The molecule has 0 radical (unpaired) electrons. The number of ether oxygens (including phenoxy) is 2. The number of nitrogens with zero attached hydrogens (tertiary/aromatic N) is 3. The van der Waals surface area contributed by atoms with E-state index in [0.29, 0.717) is 12.6 Å². The number of hydrogen-bond donors (Lipinski definition) is 0. The van der Waals surface area contributed by atoms with Crippen molar-refractivity contribution >= 4 is 6.08 Å². The van der Waals surface area contributed by atoms with Gasteiger partial charge in [0, 0.05) is 24.5 Å². The maximum Gasteiger partial charge on any atom is 0.316 e. The first-order valence-corrected chi connectivity index (χ1v) is 9.91. The summed E-state index contributed by atoms with van der Waals surface area (Å²) in [6.45, 7) is 1.33. The molecule has 1 aliphatic rings. The Kier molecular flexibility index (Phi) is 6.37. The van der Waals surface area contributed by atoms with Gasteiger partial charge in [0.1, 0.15) is 5.75 Å². The highest BCUT2D eigenvalue weighted by molar-refractivity contribution is 5.50. The Labute approximate surface area is 176 Å². The fourth-order valence-corrected chi connectivity index (χ4v) is 3.52. The quantitative estimate of drug-likeness (QED) is 0.588. The molecule has 1 aliphatic heterocycles. The number of aromatic nitrogens is 2. The van der Waals surface area contributed by atoms with Gasteiger partial charge in [0.25, 0.3) is 0 Å². The number of fused-ring (bicyclic) bond motifs is 1. The Balaban J connectivity index is 1.60. The van der Waals surface area contributed by atoms with E-state index in [0.717, 1.165) is 29.8 Å². The van der Waals surface area contributed by atoms with E-state index >= 15 is 0 Å². The first kappa shape index (κ1) is 20.1. The fraction of sp³-hybridized carbons (Fsp3) is 0.250. The highest BCUT2D eigenvalue weighted by Crippen LogP contribution is 2.34. The van der Waals surface area contributed by atoms with Crippen LogP contribution in [0.1, 0.15) is 28.3 Å². The topological polar surface area (TPSA) is 56.7 Å². The molecule has 4 rings (SSSR count). The average molecular weight is 403 g/mol. The average Bonchev–Trinajstić information content (AvgIpc) is 2.82. The van der Waals surface area contributed by atoms with Crippen molar-refractivity contribution in [2.45, 2.75) is 19.1 Å². The van der Waals surface area contributed by atoms with Crippen molar-refractivity contribution < 1.29 is 14.3 Å². The lowest BCUT2D eigenvalue weighted by atomic mass is 9.93. The van der Waals surface area contributed by atoms with Gasteiger partial charge in [-0.05, 0) is 35.2 Å². The Hall–Kier alpha value is -3.22. The van der Waals surface area contributed by atoms with Gasteiger partial charge in [-0.1, -0.05) is 48.6 Å². The second kappa shape index (κ2) is 9.52. The van der Waals surface area contributed by atoms with Gasteiger partial charge < -0.3 is 9.47 Å². The van der Waals surface area contributed by atoms with Crippen molar-refractivity contribution in [3.05, 3.63) is 89.3 Å². The third kappa shape index (κ3) is 4.67. The number of benzene rings is 2. The smallest absolute Gasteiger partial charge is 0.316 e. The van der Waals surface area contributed by atoms with Gasteiger partial charge in [0.2, 0.25) is 0 Å². The Morgan fingerprint density at radius 3 is 2.57 bits per heavy atom. The van der Waals surface area contributed by atoms with Crippen LogP contribution >= 0.6 is 0 Å². The standard InChI is InChI=1S/C24H25N3O3/c1-28-21-10-9-20-12-13-27(30-17-18-6-4-3-5-7-18)23(22(20)14-21)11-8-19-15-25-24(29-2)26-16-19/h3-11,14-16,23H,12-13,17H2,1-2H3/b11-8+. The van der Waals surface area contributed by atoms with Gasteiger partial charge in [-0.25, -0.2) is 9.97 Å². The van der Waals surface area contributed by atoms with Crippen LogP contribution in [0.4, 0.5) is 0 Å². The summed E-state index contributed by atoms with van der Waals surface area (Å²) in [5, 5.41) is 2.04. The molecule has 3 aromatic rings. The van der Waals surface area contributed by atoms with E-state index in [1.807, 2.05) is 35.4 Å². The Morgan fingerprint density at radius 1 is 1.03 bits per heavy atom. The molecule has 0 spiro atoms. The fourth-order valence-electron chi connectivity index (χ4n) is 3.52. The van der Waals surface area contributed by atoms with Crippen LogP contribution in [0.2, 0.25) is 0 Å². The predicted octanol–water partition coefficient (Wildman–Crippen LogP) is 4.24. The predicted molar refractivity (Wildman–Crippen MR) is 115 cm³/mol. The van der Waals surface area contributed by atoms with Gasteiger partial charge in [-0.15, -0.1) is 0 Å². The summed E-state index contributed by atoms with van der Waals surface area (Å²) < 4.78 is 10.5. The zero-order chi connectivity index (χ0) is 20.8. The second-order valence-electron chi connectivity index (χ2n) is 7.02. The zero-order valence-corrected chi connectivity index (χ0v) is 17.2. The van der Waals surface area contributed by atoms with E-state index in [-0.39, 0.29) is 6.04 Å². The Morgan fingerprint density at radius 2 is 1.83 bits per heavy atom. The summed E-state index contributed by atoms with van der Waals surface area (Å²) >= 11 is 0. The molecule has 0 N–H and O–H groups in total. The summed E-state index contributed by atoms with van der Waals surface area (Å²) in [5.74, 6) is 0.838. The van der Waals surface area contributed by atoms with E-state index in [2.05, 4.69) is 40.3 Å². The molecule has 30 heavy (non-hydrogen) atoms. The third-order valence-corrected chi connectivity index (χ3v) is 5.12. The van der Waals surface area contributed by atoms with E-state index in [9.17, 15) is 0 Å². The molecule has 6 nitrogen and oxygen atoms in total. The van der Waals surface area contributed by atoms with Gasteiger partial charge in [0.15, 0.2) is 0 Å². The first-order valence-electron chi connectivity index (χ1n) is 9.91. The summed E-state index contributed by atoms with van der Waals surface area (Å²) in [6, 6.07) is 16.7. The van der Waals surface area contributed by atoms with Crippen LogP contribution in [-0.2, 0) is 17.9 Å². The molecule has 1 atom stereocenters. The molecule has 0 bridgehead atoms. The highest BCUT2D eigenvalue weighted by atomic mass is 16.7. The van der Waals surface area contributed by atoms with Crippen LogP contribution in [0.15, 0.2) is 67.0 Å². The van der Waals surface area contributed by atoms with Crippen LogP contribution < -0.4 is 9.47 Å². The molecule has 1 aromatic heterocycles. The molecule has 2 aromatic carbocycles. The SMILES string of the molecule is COc1ccc2c(c1)C(/C=C/c1cnc(OC)nc1)N(OCc1ccccc1)CC2. The molecule has 0 saturated carbocycles. The molecule has 0 fully saturated rings. The van der Waals surface area contributed by atoms with Crippen LogP contribution in [0.5, 0.6) is 11.8 Å². The van der Waals surface area contributed by atoms with E-state index < -0.39 is 0 Å². The second-order valence-corrected chi connectivity index (χ2v) is 7.02. The van der Waals surface area contributed by atoms with Crippen molar-refractivity contribution in [1.82, 2.24) is 15.0 Å². The molecule has 2 heterocycles. The molecule has 0 saturated heterocycles. The molecule has 0 aliphatic carbocycles. The van der Waals surface area contributed by atoms with Gasteiger partial charge in [-0.3, -0.25) is 4.84 Å². The summed E-state index contributed by atoms with van der Waals surface area (Å²) in [5.41, 5.74) is 4.52. The van der Waals surface area contributed by atoms with Crippen LogP contribution in [0.3, 0.4) is 0 Å². The molecular weight excluding hydrogens is 378 g/mol. The summed E-state index contributed by atoms with van der Waals surface area (Å²) in [7, 11) is 3.24. The lowest BCUT2D eigenvalue weighted by Gasteiger charge is -2.35. The first-order chi connectivity index (χ1) is 14.8. The molecule has 0 amide bonds. The number of methoxy groups -OCH3 is 2. The minimum absolute atomic E-state index is 0.0466. The zero-order valence-electron chi connectivity index (χ0n) is 17.2. The van der Waals surface area contributed by atoms with Gasteiger partial charge >= 0.3 is 6.01 Å². The monoisotopic (exact) mass is 403 g/mol. The van der Waals surface area contributed by atoms with E-state index in [1.54, 1.807) is 26.6 Å². The lowest BCUT2D eigenvalue weighted by Crippen LogP contribution is -2.34. The number of rotatable bonds is 7. The molecule has 154 valence electrons. The maximum absolute atomic E-state index is 6.23. The minimum atomic E-state index is -0.0466. The van der Waals surface area contributed by atoms with Crippen molar-refractivity contribution in [1.29, 1.82) is 0 Å². The van der Waals surface area contributed by atoms with Gasteiger partial charge in [0.05, 0.1) is 26.9 Å². The van der Waals surface area contributed by atoms with E-state index in [1.165, 1.54) is 11.1 Å². The van der Waals surface area contributed by atoms with E-state index in [4.69, 9.17) is 14.3 Å². The number of hydroxylamine groups is 2.